The van der Waals surface area contributed by atoms with Gasteiger partial charge in [0, 0.05) is 35.1 Å². The average Bonchev–Trinajstić information content (AvgIpc) is 2.64. The van der Waals surface area contributed by atoms with E-state index in [9.17, 15) is 9.59 Å². The fraction of sp³-hybridized carbons (Fsp3) is 0.522. The third kappa shape index (κ3) is 3.62. The summed E-state index contributed by atoms with van der Waals surface area (Å²) in [5, 5.41) is 0.912. The van der Waals surface area contributed by atoms with Crippen molar-refractivity contribution < 1.29 is 14.3 Å². The van der Waals surface area contributed by atoms with Crippen molar-refractivity contribution in [2.24, 2.45) is 5.92 Å². The van der Waals surface area contributed by atoms with Crippen LogP contribution in [0.25, 0.3) is 10.9 Å². The first kappa shape index (κ1) is 18.9. The number of aromatic nitrogens is 1. The molecule has 3 heterocycles. The van der Waals surface area contributed by atoms with Crippen LogP contribution in [0.5, 0.6) is 0 Å². The lowest BCUT2D eigenvalue weighted by atomic mass is 9.75. The van der Waals surface area contributed by atoms with Gasteiger partial charge in [-0.05, 0) is 65.0 Å². The minimum atomic E-state index is -0.506. The van der Waals surface area contributed by atoms with E-state index < -0.39 is 5.60 Å². The molecule has 5 heteroatoms. The molecule has 0 saturated carbocycles. The lowest BCUT2D eigenvalue weighted by Crippen LogP contribution is -2.56. The summed E-state index contributed by atoms with van der Waals surface area (Å²) >= 11 is 0. The Labute approximate surface area is 166 Å². The predicted octanol–water partition coefficient (Wildman–Crippen LogP) is 4.99. The maximum atomic E-state index is 13.4. The van der Waals surface area contributed by atoms with Gasteiger partial charge in [-0.15, -0.1) is 0 Å². The van der Waals surface area contributed by atoms with Crippen LogP contribution in [-0.4, -0.2) is 39.4 Å². The van der Waals surface area contributed by atoms with Gasteiger partial charge in [0.05, 0.1) is 5.52 Å². The molecule has 2 aliphatic heterocycles. The molecular formula is C23H28N2O3. The highest BCUT2D eigenvalue weighted by Gasteiger charge is 2.44. The molecule has 2 saturated heterocycles. The van der Waals surface area contributed by atoms with Crippen LogP contribution in [0, 0.1) is 5.92 Å². The van der Waals surface area contributed by atoms with Crippen molar-refractivity contribution in [1.82, 2.24) is 9.88 Å². The first-order chi connectivity index (χ1) is 13.3. The van der Waals surface area contributed by atoms with Crippen LogP contribution < -0.4 is 0 Å². The molecule has 5 nitrogen and oxygen atoms in total. The van der Waals surface area contributed by atoms with Crippen LogP contribution in [0.3, 0.4) is 0 Å². The van der Waals surface area contributed by atoms with E-state index in [1.807, 2.05) is 56.0 Å². The summed E-state index contributed by atoms with van der Waals surface area (Å²) < 4.78 is 5.65. The Kier molecular flexibility index (Phi) is 4.86. The molecule has 148 valence electrons. The number of fused-ring (bicyclic) bond motifs is 3. The molecule has 1 aromatic heterocycles. The van der Waals surface area contributed by atoms with Crippen molar-refractivity contribution in [3.8, 4) is 0 Å². The lowest BCUT2D eigenvalue weighted by Gasteiger charge is -2.48. The maximum Gasteiger partial charge on any atom is 0.410 e. The zero-order valence-corrected chi connectivity index (χ0v) is 16.9. The smallest absolute Gasteiger partial charge is 0.410 e. The predicted molar refractivity (Wildman–Crippen MR) is 108 cm³/mol. The van der Waals surface area contributed by atoms with Crippen molar-refractivity contribution in [1.29, 1.82) is 0 Å². The van der Waals surface area contributed by atoms with Gasteiger partial charge in [-0.3, -0.25) is 9.78 Å². The molecule has 1 aromatic carbocycles. The fourth-order valence-electron chi connectivity index (χ4n) is 4.75. The van der Waals surface area contributed by atoms with Gasteiger partial charge in [-0.1, -0.05) is 18.2 Å². The first-order valence-electron chi connectivity index (χ1n) is 10.2. The number of carbonyl (C=O) groups is 2. The molecule has 0 aliphatic carbocycles. The number of piperidine rings is 2. The molecule has 4 rings (SSSR count). The molecular weight excluding hydrogens is 352 g/mol. The van der Waals surface area contributed by atoms with Gasteiger partial charge in [0.2, 0.25) is 0 Å². The van der Waals surface area contributed by atoms with Crippen LogP contribution in [-0.2, 0) is 4.74 Å². The summed E-state index contributed by atoms with van der Waals surface area (Å²) in [6.07, 6.45) is 5.93. The summed E-state index contributed by atoms with van der Waals surface area (Å²) in [5.74, 6) is 0.124. The largest absolute Gasteiger partial charge is 0.444 e. The van der Waals surface area contributed by atoms with E-state index in [1.165, 1.54) is 0 Å². The van der Waals surface area contributed by atoms with Crippen molar-refractivity contribution in [2.75, 3.05) is 0 Å². The highest BCUT2D eigenvalue weighted by Crippen LogP contribution is 2.39. The van der Waals surface area contributed by atoms with E-state index >= 15 is 0 Å². The van der Waals surface area contributed by atoms with Crippen molar-refractivity contribution in [3.63, 3.8) is 0 Å². The number of nitrogens with zero attached hydrogens (tertiary/aromatic N) is 2. The molecule has 2 unspecified atom stereocenters. The Hall–Kier alpha value is -2.43. The number of hydrogen-bond donors (Lipinski definition) is 0. The maximum absolute atomic E-state index is 13.4. The SMILES string of the molecule is CC(C)(C)OC(=O)N1C2CCCC1CC(C(=O)c1cccc3ncccc13)C2. The third-order valence-corrected chi connectivity index (χ3v) is 5.86. The van der Waals surface area contributed by atoms with E-state index in [-0.39, 0.29) is 29.9 Å². The number of Topliss-reactive ketones (excluding diaryl/α,β-unsaturated/α-hetero) is 1. The van der Waals surface area contributed by atoms with Gasteiger partial charge in [0.25, 0.3) is 0 Å². The molecule has 2 aliphatic rings. The Balaban J connectivity index is 1.57. The van der Waals surface area contributed by atoms with Crippen LogP contribution >= 0.6 is 0 Å². The minimum Gasteiger partial charge on any atom is -0.444 e. The van der Waals surface area contributed by atoms with E-state index in [0.29, 0.717) is 12.8 Å². The second-order valence-corrected chi connectivity index (χ2v) is 9.03. The number of hydrogen-bond acceptors (Lipinski definition) is 4. The van der Waals surface area contributed by atoms with Crippen molar-refractivity contribution in [2.45, 2.75) is 70.6 Å². The molecule has 0 radical (unpaired) electrons. The summed E-state index contributed by atoms with van der Waals surface area (Å²) in [5.41, 5.74) is 1.09. The Bertz CT molecular complexity index is 883. The van der Waals surface area contributed by atoms with Gasteiger partial charge < -0.3 is 9.64 Å². The van der Waals surface area contributed by atoms with E-state index in [4.69, 9.17) is 4.74 Å². The number of amides is 1. The number of ether oxygens (including phenoxy) is 1. The summed E-state index contributed by atoms with van der Waals surface area (Å²) in [4.78, 5) is 32.4. The number of benzene rings is 1. The minimum absolute atomic E-state index is 0.0557. The van der Waals surface area contributed by atoms with Gasteiger partial charge in [0.15, 0.2) is 5.78 Å². The number of pyridine rings is 1. The zero-order chi connectivity index (χ0) is 19.9. The van der Waals surface area contributed by atoms with Gasteiger partial charge in [-0.2, -0.15) is 0 Å². The number of carbonyl (C=O) groups excluding carboxylic acids is 2. The van der Waals surface area contributed by atoms with Crippen molar-refractivity contribution >= 4 is 22.8 Å². The monoisotopic (exact) mass is 380 g/mol. The Morgan fingerprint density at radius 1 is 1.07 bits per heavy atom. The summed E-state index contributed by atoms with van der Waals surface area (Å²) in [6, 6.07) is 9.76. The standard InChI is InChI=1S/C23H28N2O3/c1-23(2,3)28-22(27)25-16-7-4-8-17(25)14-15(13-16)21(26)19-9-5-11-20-18(19)10-6-12-24-20/h5-6,9-12,15-17H,4,7-8,13-14H2,1-3H3. The average molecular weight is 380 g/mol. The third-order valence-electron chi connectivity index (χ3n) is 5.86. The highest BCUT2D eigenvalue weighted by atomic mass is 16.6. The lowest BCUT2D eigenvalue weighted by molar-refractivity contribution is -0.0260. The molecule has 28 heavy (non-hydrogen) atoms. The molecule has 2 fully saturated rings. The number of ketones is 1. The van der Waals surface area contributed by atoms with Crippen LogP contribution in [0.4, 0.5) is 4.79 Å². The van der Waals surface area contributed by atoms with Gasteiger partial charge in [-0.25, -0.2) is 4.79 Å². The topological polar surface area (TPSA) is 59.5 Å². The fourth-order valence-corrected chi connectivity index (χ4v) is 4.75. The Morgan fingerprint density at radius 3 is 2.46 bits per heavy atom. The summed E-state index contributed by atoms with van der Waals surface area (Å²) in [7, 11) is 0. The van der Waals surface area contributed by atoms with E-state index in [2.05, 4.69) is 4.98 Å². The molecule has 0 spiro atoms. The van der Waals surface area contributed by atoms with E-state index in [1.54, 1.807) is 6.20 Å². The van der Waals surface area contributed by atoms with E-state index in [0.717, 1.165) is 35.7 Å². The molecule has 2 atom stereocenters. The molecule has 2 bridgehead atoms. The van der Waals surface area contributed by atoms with Crippen LogP contribution in [0.1, 0.15) is 63.2 Å². The second-order valence-electron chi connectivity index (χ2n) is 9.03. The van der Waals surface area contributed by atoms with Gasteiger partial charge >= 0.3 is 6.09 Å². The number of rotatable bonds is 2. The molecule has 1 amide bonds. The molecule has 2 aromatic rings. The normalized spacial score (nSPS) is 24.8. The van der Waals surface area contributed by atoms with Crippen molar-refractivity contribution in [3.05, 3.63) is 42.1 Å². The Morgan fingerprint density at radius 2 is 1.79 bits per heavy atom. The summed E-state index contributed by atoms with van der Waals surface area (Å²) in [6.45, 7) is 5.68. The quantitative estimate of drug-likeness (QED) is 0.689. The van der Waals surface area contributed by atoms with Crippen LogP contribution in [0.2, 0.25) is 0 Å². The highest BCUT2D eigenvalue weighted by molar-refractivity contribution is 6.08. The zero-order valence-electron chi connectivity index (χ0n) is 16.9. The first-order valence-corrected chi connectivity index (χ1v) is 10.2. The van der Waals surface area contributed by atoms with Crippen LogP contribution in [0.15, 0.2) is 36.5 Å². The molecule has 0 N–H and O–H groups in total. The van der Waals surface area contributed by atoms with Gasteiger partial charge in [0.1, 0.15) is 5.60 Å². The second kappa shape index (κ2) is 7.19.